The molecule has 2 heterocycles. The Morgan fingerprint density at radius 1 is 1.03 bits per heavy atom. The van der Waals surface area contributed by atoms with Crippen LogP contribution in [0.15, 0.2) is 42.7 Å². The fraction of sp³-hybridized carbons (Fsp3) is 0.273. The molecule has 152 valence electrons. The normalized spacial score (nSPS) is 13.0. The van der Waals surface area contributed by atoms with Crippen LogP contribution in [0.1, 0.15) is 36.3 Å². The average molecular weight is 439 g/mol. The zero-order valence-corrected chi connectivity index (χ0v) is 17.7. The van der Waals surface area contributed by atoms with Gasteiger partial charge in [-0.2, -0.15) is 5.26 Å². The van der Waals surface area contributed by atoms with Crippen LogP contribution in [-0.4, -0.2) is 28.0 Å². The summed E-state index contributed by atoms with van der Waals surface area (Å²) < 4.78 is 0. The molecule has 0 bridgehead atoms. The summed E-state index contributed by atoms with van der Waals surface area (Å²) in [6, 6.07) is 11.0. The number of nitriles is 1. The van der Waals surface area contributed by atoms with E-state index < -0.39 is 0 Å². The van der Waals surface area contributed by atoms with Crippen LogP contribution in [0.2, 0.25) is 10.0 Å². The molecule has 6 nitrogen and oxygen atoms in total. The van der Waals surface area contributed by atoms with Crippen LogP contribution in [0, 0.1) is 11.3 Å². The van der Waals surface area contributed by atoms with Gasteiger partial charge in [-0.25, -0.2) is 15.0 Å². The van der Waals surface area contributed by atoms with Crippen LogP contribution in [0.25, 0.3) is 11.4 Å². The van der Waals surface area contributed by atoms with E-state index in [0.29, 0.717) is 27.4 Å². The minimum Gasteiger partial charge on any atom is -0.370 e. The van der Waals surface area contributed by atoms with Crippen LogP contribution >= 0.6 is 23.2 Å². The second kappa shape index (κ2) is 9.29. The number of nitrogens with one attached hydrogen (secondary N) is 2. The summed E-state index contributed by atoms with van der Waals surface area (Å²) in [6.07, 6.45) is 6.70. The van der Waals surface area contributed by atoms with Crippen LogP contribution in [0.4, 0.5) is 11.6 Å². The van der Waals surface area contributed by atoms with E-state index in [1.807, 2.05) is 18.3 Å². The van der Waals surface area contributed by atoms with E-state index in [9.17, 15) is 0 Å². The van der Waals surface area contributed by atoms with Gasteiger partial charge in [-0.05, 0) is 55.5 Å². The van der Waals surface area contributed by atoms with Crippen molar-refractivity contribution in [2.45, 2.75) is 25.2 Å². The zero-order valence-electron chi connectivity index (χ0n) is 16.2. The number of aromatic nitrogens is 3. The van der Waals surface area contributed by atoms with Crippen molar-refractivity contribution in [3.63, 3.8) is 0 Å². The Morgan fingerprint density at radius 3 is 2.57 bits per heavy atom. The van der Waals surface area contributed by atoms with Crippen LogP contribution in [0.3, 0.4) is 0 Å². The average Bonchev–Trinajstić information content (AvgIpc) is 3.59. The number of nitrogens with zero attached hydrogens (tertiary/aromatic N) is 4. The largest absolute Gasteiger partial charge is 0.370 e. The number of hydrogen-bond acceptors (Lipinski definition) is 6. The van der Waals surface area contributed by atoms with Crippen molar-refractivity contribution in [2.24, 2.45) is 0 Å². The summed E-state index contributed by atoms with van der Waals surface area (Å²) in [5.41, 5.74) is 2.47. The Hall–Kier alpha value is -2.88. The quantitative estimate of drug-likeness (QED) is 0.450. The number of halogens is 2. The lowest BCUT2D eigenvalue weighted by molar-refractivity contribution is 0.890. The molecule has 3 aromatic rings. The maximum absolute atomic E-state index is 8.83. The molecule has 0 atom stereocenters. The summed E-state index contributed by atoms with van der Waals surface area (Å²) in [7, 11) is 0. The molecule has 1 aromatic carbocycles. The minimum atomic E-state index is 0.531. The first-order chi connectivity index (χ1) is 14.6. The Kier molecular flexibility index (Phi) is 6.32. The molecule has 0 radical (unpaired) electrons. The molecule has 8 heteroatoms. The molecule has 1 fully saturated rings. The van der Waals surface area contributed by atoms with E-state index in [1.54, 1.807) is 24.4 Å². The van der Waals surface area contributed by atoms with Gasteiger partial charge in [-0.3, -0.25) is 0 Å². The summed E-state index contributed by atoms with van der Waals surface area (Å²) >= 11 is 12.3. The van der Waals surface area contributed by atoms with Gasteiger partial charge in [-0.15, -0.1) is 0 Å². The van der Waals surface area contributed by atoms with Gasteiger partial charge >= 0.3 is 0 Å². The van der Waals surface area contributed by atoms with E-state index in [-0.39, 0.29) is 0 Å². The first kappa shape index (κ1) is 20.4. The predicted octanol–water partition coefficient (Wildman–Crippen LogP) is 5.51. The molecule has 2 N–H and O–H groups in total. The second-order valence-electron chi connectivity index (χ2n) is 7.15. The molecular weight excluding hydrogens is 419 g/mol. The Bertz CT molecular complexity index is 1070. The second-order valence-corrected chi connectivity index (χ2v) is 7.99. The van der Waals surface area contributed by atoms with Gasteiger partial charge in [0.2, 0.25) is 0 Å². The van der Waals surface area contributed by atoms with Crippen molar-refractivity contribution >= 4 is 34.8 Å². The lowest BCUT2D eigenvalue weighted by atomic mass is 10.1. The number of hydrogen-bond donors (Lipinski definition) is 2. The van der Waals surface area contributed by atoms with Gasteiger partial charge in [0, 0.05) is 41.6 Å². The fourth-order valence-corrected chi connectivity index (χ4v) is 3.60. The molecule has 2 aromatic heterocycles. The number of anilines is 2. The number of rotatable bonds is 8. The molecule has 0 unspecified atom stereocenters. The highest BCUT2D eigenvalue weighted by molar-refractivity contribution is 6.36. The highest BCUT2D eigenvalue weighted by atomic mass is 35.5. The van der Waals surface area contributed by atoms with Crippen LogP contribution < -0.4 is 10.6 Å². The van der Waals surface area contributed by atoms with Gasteiger partial charge in [-0.1, -0.05) is 23.2 Å². The smallest absolute Gasteiger partial charge is 0.163 e. The van der Waals surface area contributed by atoms with Gasteiger partial charge in [0.05, 0.1) is 10.6 Å². The molecule has 1 saturated carbocycles. The number of pyridine rings is 1. The van der Waals surface area contributed by atoms with Crippen molar-refractivity contribution in [3.8, 4) is 17.5 Å². The third-order valence-electron chi connectivity index (χ3n) is 4.85. The highest BCUT2D eigenvalue weighted by Crippen LogP contribution is 2.43. The minimum absolute atomic E-state index is 0.531. The Labute approximate surface area is 185 Å². The first-order valence-corrected chi connectivity index (χ1v) is 10.6. The monoisotopic (exact) mass is 438 g/mol. The standard InChI is InChI=1S/C22H20Cl2N6/c23-16-5-6-17(19(24)10-16)21-29-13-18(15-3-4-15)22(30-21)27-9-1-8-26-20-7-2-14(11-25)12-28-20/h2,5-7,10,12-13,15H,1,3-4,8-9H2,(H,26,28)(H,27,29,30). The number of benzene rings is 1. The summed E-state index contributed by atoms with van der Waals surface area (Å²) in [5, 5.41) is 16.7. The van der Waals surface area contributed by atoms with Gasteiger partial charge in [0.25, 0.3) is 0 Å². The molecule has 0 aliphatic heterocycles. The third-order valence-corrected chi connectivity index (χ3v) is 5.40. The molecule has 0 spiro atoms. The van der Waals surface area contributed by atoms with E-state index in [2.05, 4.69) is 26.7 Å². The molecule has 0 amide bonds. The van der Waals surface area contributed by atoms with Gasteiger partial charge in [0.1, 0.15) is 17.7 Å². The van der Waals surface area contributed by atoms with Crippen LogP contribution in [0.5, 0.6) is 0 Å². The SMILES string of the molecule is N#Cc1ccc(NCCCNc2nc(-c3ccc(Cl)cc3Cl)ncc2C2CC2)nc1. The van der Waals surface area contributed by atoms with Crippen molar-refractivity contribution in [3.05, 3.63) is 63.9 Å². The van der Waals surface area contributed by atoms with Gasteiger partial charge in [0.15, 0.2) is 5.82 Å². The molecule has 1 aliphatic rings. The molecule has 4 rings (SSSR count). The van der Waals surface area contributed by atoms with Crippen LogP contribution in [-0.2, 0) is 0 Å². The maximum atomic E-state index is 8.83. The van der Waals surface area contributed by atoms with Gasteiger partial charge < -0.3 is 10.6 Å². The fourth-order valence-electron chi connectivity index (χ4n) is 3.10. The van der Waals surface area contributed by atoms with Crippen molar-refractivity contribution < 1.29 is 0 Å². The first-order valence-electron chi connectivity index (χ1n) is 9.80. The maximum Gasteiger partial charge on any atom is 0.163 e. The van der Waals surface area contributed by atoms with Crippen molar-refractivity contribution in [1.29, 1.82) is 5.26 Å². The molecule has 1 aliphatic carbocycles. The van der Waals surface area contributed by atoms with E-state index in [1.165, 1.54) is 12.8 Å². The topological polar surface area (TPSA) is 86.5 Å². The Balaban J connectivity index is 1.39. The summed E-state index contributed by atoms with van der Waals surface area (Å²) in [6.45, 7) is 1.51. The van der Waals surface area contributed by atoms with E-state index >= 15 is 0 Å². The summed E-state index contributed by atoms with van der Waals surface area (Å²) in [4.78, 5) is 13.5. The molecular formula is C22H20Cl2N6. The lowest BCUT2D eigenvalue weighted by Gasteiger charge is -2.13. The highest BCUT2D eigenvalue weighted by Gasteiger charge is 2.27. The Morgan fingerprint density at radius 2 is 1.87 bits per heavy atom. The lowest BCUT2D eigenvalue weighted by Crippen LogP contribution is -2.12. The zero-order chi connectivity index (χ0) is 20.9. The van der Waals surface area contributed by atoms with E-state index in [4.69, 9.17) is 33.4 Å². The third kappa shape index (κ3) is 4.99. The molecule has 0 saturated heterocycles. The van der Waals surface area contributed by atoms with E-state index in [0.717, 1.165) is 42.3 Å². The molecule has 30 heavy (non-hydrogen) atoms. The van der Waals surface area contributed by atoms with Crippen molar-refractivity contribution in [2.75, 3.05) is 23.7 Å². The predicted molar refractivity (Wildman–Crippen MR) is 120 cm³/mol. The summed E-state index contributed by atoms with van der Waals surface area (Å²) in [5.74, 6) is 2.74. The van der Waals surface area contributed by atoms with Crippen molar-refractivity contribution in [1.82, 2.24) is 15.0 Å².